The molecule has 3 N–H and O–H groups in total. The van der Waals surface area contributed by atoms with Crippen LogP contribution in [0, 0.1) is 0 Å². The van der Waals surface area contributed by atoms with Crippen LogP contribution in [0.1, 0.15) is 12.0 Å². The second-order valence-corrected chi connectivity index (χ2v) is 3.66. The molecule has 98 valence electrons. The molecule has 0 unspecified atom stereocenters. The fourth-order valence-corrected chi connectivity index (χ4v) is 1.36. The second kappa shape index (κ2) is 7.29. The molecule has 0 radical (unpaired) electrons. The summed E-state index contributed by atoms with van der Waals surface area (Å²) in [6, 6.07) is 6.81. The molecular weight excluding hydrogens is 236 g/mol. The SMILES string of the molecule is COCc1cccc(NC(=O)NCCC(=O)O)c1. The summed E-state index contributed by atoms with van der Waals surface area (Å²) in [5, 5.41) is 13.5. The number of carboxylic acid groups (broad SMARTS) is 1. The summed E-state index contributed by atoms with van der Waals surface area (Å²) in [5.41, 5.74) is 1.58. The summed E-state index contributed by atoms with van der Waals surface area (Å²) in [5.74, 6) is -0.947. The Labute approximate surface area is 105 Å². The van der Waals surface area contributed by atoms with Crippen LogP contribution in [0.2, 0.25) is 0 Å². The standard InChI is InChI=1S/C12H16N2O4/c1-18-8-9-3-2-4-10(7-9)14-12(17)13-6-5-11(15)16/h2-4,7H,5-6,8H2,1H3,(H,15,16)(H2,13,14,17). The van der Waals surface area contributed by atoms with Crippen molar-refractivity contribution in [1.82, 2.24) is 5.32 Å². The highest BCUT2D eigenvalue weighted by Gasteiger charge is 2.03. The van der Waals surface area contributed by atoms with E-state index in [0.29, 0.717) is 12.3 Å². The van der Waals surface area contributed by atoms with Crippen LogP contribution >= 0.6 is 0 Å². The Morgan fingerprint density at radius 1 is 1.39 bits per heavy atom. The molecule has 1 rings (SSSR count). The first-order valence-corrected chi connectivity index (χ1v) is 5.46. The van der Waals surface area contributed by atoms with Crippen LogP contribution in [0.25, 0.3) is 0 Å². The lowest BCUT2D eigenvalue weighted by atomic mass is 10.2. The number of carbonyl (C=O) groups is 2. The van der Waals surface area contributed by atoms with Crippen LogP contribution in [0.15, 0.2) is 24.3 Å². The summed E-state index contributed by atoms with van der Waals surface area (Å²) in [6.45, 7) is 0.565. The number of rotatable bonds is 6. The average molecular weight is 252 g/mol. The number of urea groups is 1. The highest BCUT2D eigenvalue weighted by molar-refractivity contribution is 5.89. The fraction of sp³-hybridized carbons (Fsp3) is 0.333. The Morgan fingerprint density at radius 3 is 2.83 bits per heavy atom. The number of anilines is 1. The van der Waals surface area contributed by atoms with Gasteiger partial charge in [-0.15, -0.1) is 0 Å². The van der Waals surface area contributed by atoms with Crippen molar-refractivity contribution in [3.8, 4) is 0 Å². The number of nitrogens with one attached hydrogen (secondary N) is 2. The number of hydrogen-bond acceptors (Lipinski definition) is 3. The van der Waals surface area contributed by atoms with Gasteiger partial charge in [-0.2, -0.15) is 0 Å². The lowest BCUT2D eigenvalue weighted by Crippen LogP contribution is -2.30. The van der Waals surface area contributed by atoms with Gasteiger partial charge in [0.15, 0.2) is 0 Å². The van der Waals surface area contributed by atoms with Crippen molar-refractivity contribution in [2.75, 3.05) is 19.0 Å². The van der Waals surface area contributed by atoms with Gasteiger partial charge < -0.3 is 20.5 Å². The molecule has 0 aliphatic rings. The van der Waals surface area contributed by atoms with Crippen LogP contribution in [0.3, 0.4) is 0 Å². The number of methoxy groups -OCH3 is 1. The molecule has 0 aromatic heterocycles. The van der Waals surface area contributed by atoms with Crippen LogP contribution in [-0.4, -0.2) is 30.8 Å². The van der Waals surface area contributed by atoms with E-state index in [9.17, 15) is 9.59 Å². The molecule has 0 spiro atoms. The normalized spacial score (nSPS) is 9.83. The highest BCUT2D eigenvalue weighted by atomic mass is 16.5. The summed E-state index contributed by atoms with van der Waals surface area (Å²) in [4.78, 5) is 21.7. The molecule has 0 saturated carbocycles. The number of aliphatic carboxylic acids is 1. The third-order valence-corrected chi connectivity index (χ3v) is 2.12. The Hall–Kier alpha value is -2.08. The Bertz CT molecular complexity index is 420. The van der Waals surface area contributed by atoms with E-state index in [4.69, 9.17) is 9.84 Å². The number of hydrogen-bond donors (Lipinski definition) is 3. The Balaban J connectivity index is 2.43. The largest absolute Gasteiger partial charge is 0.481 e. The van der Waals surface area contributed by atoms with E-state index in [1.807, 2.05) is 6.07 Å². The third-order valence-electron chi connectivity index (χ3n) is 2.12. The summed E-state index contributed by atoms with van der Waals surface area (Å²) >= 11 is 0. The van der Waals surface area contributed by atoms with E-state index in [1.165, 1.54) is 0 Å². The Morgan fingerprint density at radius 2 is 2.17 bits per heavy atom. The second-order valence-electron chi connectivity index (χ2n) is 3.66. The predicted octanol–water partition coefficient (Wildman–Crippen LogP) is 1.43. The number of carboxylic acids is 1. The van der Waals surface area contributed by atoms with E-state index in [1.54, 1.807) is 25.3 Å². The molecule has 0 saturated heterocycles. The molecule has 18 heavy (non-hydrogen) atoms. The van der Waals surface area contributed by atoms with Gasteiger partial charge in [0, 0.05) is 19.3 Å². The zero-order chi connectivity index (χ0) is 13.4. The number of benzene rings is 1. The number of carbonyl (C=O) groups excluding carboxylic acids is 1. The maximum atomic E-state index is 11.4. The summed E-state index contributed by atoms with van der Waals surface area (Å²) in [6.07, 6.45) is -0.100. The first-order valence-electron chi connectivity index (χ1n) is 5.46. The quantitative estimate of drug-likeness (QED) is 0.714. The van der Waals surface area contributed by atoms with Crippen LogP contribution in [0.4, 0.5) is 10.5 Å². The molecule has 6 nitrogen and oxygen atoms in total. The van der Waals surface area contributed by atoms with Gasteiger partial charge in [-0.3, -0.25) is 4.79 Å². The van der Waals surface area contributed by atoms with Crippen molar-refractivity contribution < 1.29 is 19.4 Å². The smallest absolute Gasteiger partial charge is 0.319 e. The Kier molecular flexibility index (Phi) is 5.66. The van der Waals surface area contributed by atoms with Gasteiger partial charge in [-0.1, -0.05) is 12.1 Å². The highest BCUT2D eigenvalue weighted by Crippen LogP contribution is 2.11. The lowest BCUT2D eigenvalue weighted by Gasteiger charge is -2.08. The predicted molar refractivity (Wildman–Crippen MR) is 66.4 cm³/mol. The molecule has 0 heterocycles. The van der Waals surface area contributed by atoms with E-state index >= 15 is 0 Å². The zero-order valence-electron chi connectivity index (χ0n) is 10.1. The van der Waals surface area contributed by atoms with Crippen molar-refractivity contribution in [3.63, 3.8) is 0 Å². The van der Waals surface area contributed by atoms with Gasteiger partial charge in [-0.25, -0.2) is 4.79 Å². The molecule has 6 heteroatoms. The topological polar surface area (TPSA) is 87.7 Å². The molecular formula is C12H16N2O4. The van der Waals surface area contributed by atoms with Gasteiger partial charge in [0.25, 0.3) is 0 Å². The van der Waals surface area contributed by atoms with E-state index in [-0.39, 0.29) is 13.0 Å². The van der Waals surface area contributed by atoms with Crippen molar-refractivity contribution in [3.05, 3.63) is 29.8 Å². The van der Waals surface area contributed by atoms with Gasteiger partial charge >= 0.3 is 12.0 Å². The van der Waals surface area contributed by atoms with Crippen LogP contribution in [-0.2, 0) is 16.1 Å². The molecule has 0 aliphatic heterocycles. The molecule has 0 fully saturated rings. The minimum absolute atomic E-state index is 0.0962. The van der Waals surface area contributed by atoms with E-state index < -0.39 is 12.0 Å². The minimum Gasteiger partial charge on any atom is -0.481 e. The average Bonchev–Trinajstić information content (AvgIpc) is 2.29. The molecule has 2 amide bonds. The van der Waals surface area contributed by atoms with Crippen molar-refractivity contribution in [2.24, 2.45) is 0 Å². The number of amides is 2. The van der Waals surface area contributed by atoms with Gasteiger partial charge in [-0.05, 0) is 17.7 Å². The molecule has 1 aromatic rings. The van der Waals surface area contributed by atoms with Gasteiger partial charge in [0.2, 0.25) is 0 Å². The molecule has 0 bridgehead atoms. The maximum Gasteiger partial charge on any atom is 0.319 e. The monoisotopic (exact) mass is 252 g/mol. The van der Waals surface area contributed by atoms with Crippen molar-refractivity contribution in [2.45, 2.75) is 13.0 Å². The first kappa shape index (κ1) is 14.0. The fourth-order valence-electron chi connectivity index (χ4n) is 1.36. The molecule has 0 aliphatic carbocycles. The summed E-state index contributed by atoms with van der Waals surface area (Å²) in [7, 11) is 1.60. The van der Waals surface area contributed by atoms with Gasteiger partial charge in [0.1, 0.15) is 0 Å². The van der Waals surface area contributed by atoms with E-state index in [2.05, 4.69) is 10.6 Å². The van der Waals surface area contributed by atoms with Crippen LogP contribution in [0.5, 0.6) is 0 Å². The molecule has 1 aromatic carbocycles. The summed E-state index contributed by atoms with van der Waals surface area (Å²) < 4.78 is 4.99. The lowest BCUT2D eigenvalue weighted by molar-refractivity contribution is -0.136. The van der Waals surface area contributed by atoms with E-state index in [0.717, 1.165) is 5.56 Å². The minimum atomic E-state index is -0.947. The van der Waals surface area contributed by atoms with Gasteiger partial charge in [0.05, 0.1) is 13.0 Å². The van der Waals surface area contributed by atoms with Crippen LogP contribution < -0.4 is 10.6 Å². The zero-order valence-corrected chi connectivity index (χ0v) is 10.1. The third kappa shape index (κ3) is 5.31. The van der Waals surface area contributed by atoms with Crippen molar-refractivity contribution in [1.29, 1.82) is 0 Å². The first-order chi connectivity index (χ1) is 8.61. The number of ether oxygens (including phenoxy) is 1. The molecule has 0 atom stereocenters. The maximum absolute atomic E-state index is 11.4. The van der Waals surface area contributed by atoms with Crippen molar-refractivity contribution >= 4 is 17.7 Å².